The first-order valence-electron chi connectivity index (χ1n) is 6.91. The molecule has 2 N–H and O–H groups in total. The molecule has 6 heteroatoms. The van der Waals surface area contributed by atoms with Gasteiger partial charge in [0.25, 0.3) is 5.91 Å². The van der Waals surface area contributed by atoms with Crippen LogP contribution in [0.1, 0.15) is 17.5 Å². The van der Waals surface area contributed by atoms with Crippen molar-refractivity contribution in [2.45, 2.75) is 19.1 Å². The second-order valence-corrected chi connectivity index (χ2v) is 4.93. The van der Waals surface area contributed by atoms with Crippen molar-refractivity contribution >= 4 is 11.6 Å². The van der Waals surface area contributed by atoms with Crippen molar-refractivity contribution < 1.29 is 14.7 Å². The van der Waals surface area contributed by atoms with Crippen molar-refractivity contribution in [2.75, 3.05) is 0 Å². The summed E-state index contributed by atoms with van der Waals surface area (Å²) in [5, 5.41) is 16.5. The second kappa shape index (κ2) is 6.26. The van der Waals surface area contributed by atoms with E-state index in [1.54, 1.807) is 36.7 Å². The van der Waals surface area contributed by atoms with Crippen LogP contribution in [-0.4, -0.2) is 27.8 Å². The van der Waals surface area contributed by atoms with Gasteiger partial charge in [0.05, 0.1) is 5.71 Å². The Morgan fingerprint density at radius 3 is 2.95 bits per heavy atom. The monoisotopic (exact) mass is 297 g/mol. The van der Waals surface area contributed by atoms with Crippen LogP contribution < -0.4 is 5.32 Å². The minimum atomic E-state index is -0.675. The van der Waals surface area contributed by atoms with E-state index in [1.165, 1.54) is 0 Å². The van der Waals surface area contributed by atoms with E-state index in [0.717, 1.165) is 5.56 Å². The van der Waals surface area contributed by atoms with Gasteiger partial charge < -0.3 is 15.3 Å². The lowest BCUT2D eigenvalue weighted by molar-refractivity contribution is -0.131. The summed E-state index contributed by atoms with van der Waals surface area (Å²) in [5.41, 5.74) is 2.07. The highest BCUT2D eigenvalue weighted by atomic mass is 16.6. The summed E-state index contributed by atoms with van der Waals surface area (Å²) in [6, 6.07) is 10.5. The maximum absolute atomic E-state index is 12.1. The SMILES string of the molecule is O=C(NCc1cccnc1)C1CC(c2ccccc2O)=NO1. The Bertz CT molecular complexity index is 701. The van der Waals surface area contributed by atoms with Crippen LogP contribution in [0.15, 0.2) is 53.9 Å². The summed E-state index contributed by atoms with van der Waals surface area (Å²) < 4.78 is 0. The number of phenols is 1. The minimum absolute atomic E-state index is 0.126. The molecule has 1 aliphatic heterocycles. The number of phenolic OH excluding ortho intramolecular Hbond substituents is 1. The molecule has 0 saturated heterocycles. The van der Waals surface area contributed by atoms with E-state index in [4.69, 9.17) is 4.84 Å². The Morgan fingerprint density at radius 1 is 1.32 bits per heavy atom. The summed E-state index contributed by atoms with van der Waals surface area (Å²) in [4.78, 5) is 21.3. The first kappa shape index (κ1) is 14.1. The van der Waals surface area contributed by atoms with Gasteiger partial charge in [-0.1, -0.05) is 23.4 Å². The Hall–Kier alpha value is -2.89. The van der Waals surface area contributed by atoms with Crippen LogP contribution in [0.4, 0.5) is 0 Å². The average molecular weight is 297 g/mol. The average Bonchev–Trinajstić information content (AvgIpc) is 3.04. The molecule has 1 amide bonds. The maximum Gasteiger partial charge on any atom is 0.264 e. The van der Waals surface area contributed by atoms with Crippen molar-refractivity contribution in [3.05, 3.63) is 59.9 Å². The molecule has 1 aliphatic rings. The third-order valence-corrected chi connectivity index (χ3v) is 3.37. The zero-order chi connectivity index (χ0) is 15.4. The topological polar surface area (TPSA) is 83.8 Å². The van der Waals surface area contributed by atoms with E-state index in [9.17, 15) is 9.90 Å². The molecular formula is C16H15N3O3. The fourth-order valence-corrected chi connectivity index (χ4v) is 2.20. The zero-order valence-corrected chi connectivity index (χ0v) is 11.8. The molecule has 0 aliphatic carbocycles. The molecule has 0 saturated carbocycles. The maximum atomic E-state index is 12.1. The lowest BCUT2D eigenvalue weighted by Crippen LogP contribution is -2.34. The van der Waals surface area contributed by atoms with Gasteiger partial charge in [-0.2, -0.15) is 0 Å². The number of amides is 1. The van der Waals surface area contributed by atoms with Crippen LogP contribution in [0.25, 0.3) is 0 Å². The lowest BCUT2D eigenvalue weighted by Gasteiger charge is -2.09. The van der Waals surface area contributed by atoms with Crippen molar-refractivity contribution in [3.8, 4) is 5.75 Å². The molecule has 0 fully saturated rings. The predicted molar refractivity (Wildman–Crippen MR) is 80.2 cm³/mol. The molecule has 1 aromatic heterocycles. The quantitative estimate of drug-likeness (QED) is 0.897. The van der Waals surface area contributed by atoms with Crippen LogP contribution in [0.2, 0.25) is 0 Å². The Balaban J connectivity index is 1.57. The number of nitrogens with zero attached hydrogens (tertiary/aromatic N) is 2. The van der Waals surface area contributed by atoms with E-state index >= 15 is 0 Å². The van der Waals surface area contributed by atoms with Crippen LogP contribution in [0.5, 0.6) is 5.75 Å². The first-order valence-corrected chi connectivity index (χ1v) is 6.91. The number of aromatic nitrogens is 1. The highest BCUT2D eigenvalue weighted by molar-refractivity contribution is 6.05. The van der Waals surface area contributed by atoms with Crippen LogP contribution in [0, 0.1) is 0 Å². The van der Waals surface area contributed by atoms with E-state index in [-0.39, 0.29) is 11.7 Å². The number of rotatable bonds is 4. The summed E-state index contributed by atoms with van der Waals surface area (Å²) in [6.45, 7) is 0.387. The standard InChI is InChI=1S/C16H15N3O3/c20-14-6-2-1-5-12(14)13-8-15(22-19-13)16(21)18-10-11-4-3-7-17-9-11/h1-7,9,15,20H,8,10H2,(H,18,21). The van der Waals surface area contributed by atoms with Crippen LogP contribution >= 0.6 is 0 Å². The van der Waals surface area contributed by atoms with Crippen molar-refractivity contribution in [3.63, 3.8) is 0 Å². The normalized spacial score (nSPS) is 16.7. The lowest BCUT2D eigenvalue weighted by atomic mass is 10.0. The Labute approximate surface area is 127 Å². The molecule has 22 heavy (non-hydrogen) atoms. The van der Waals surface area contributed by atoms with Gasteiger partial charge in [0.1, 0.15) is 5.75 Å². The number of aromatic hydroxyl groups is 1. The number of hydrogen-bond donors (Lipinski definition) is 2. The second-order valence-electron chi connectivity index (χ2n) is 4.93. The molecule has 0 radical (unpaired) electrons. The first-order chi connectivity index (χ1) is 10.7. The third kappa shape index (κ3) is 3.06. The van der Waals surface area contributed by atoms with Gasteiger partial charge in [-0.25, -0.2) is 0 Å². The smallest absolute Gasteiger partial charge is 0.264 e. The Morgan fingerprint density at radius 2 is 2.18 bits per heavy atom. The molecular weight excluding hydrogens is 282 g/mol. The number of hydrogen-bond acceptors (Lipinski definition) is 5. The zero-order valence-electron chi connectivity index (χ0n) is 11.8. The van der Waals surface area contributed by atoms with Crippen molar-refractivity contribution in [1.82, 2.24) is 10.3 Å². The third-order valence-electron chi connectivity index (χ3n) is 3.37. The van der Waals surface area contributed by atoms with Gasteiger partial charge in [0.2, 0.25) is 6.10 Å². The van der Waals surface area contributed by atoms with Crippen molar-refractivity contribution in [1.29, 1.82) is 0 Å². The summed E-state index contributed by atoms with van der Waals surface area (Å²) in [5.74, 6) is -0.112. The minimum Gasteiger partial charge on any atom is -0.507 e. The number of carbonyl (C=O) groups is 1. The van der Waals surface area contributed by atoms with Gasteiger partial charge in [0.15, 0.2) is 0 Å². The molecule has 0 spiro atoms. The van der Waals surface area contributed by atoms with Crippen LogP contribution in [-0.2, 0) is 16.2 Å². The number of oxime groups is 1. The van der Waals surface area contributed by atoms with E-state index in [1.807, 2.05) is 12.1 Å². The van der Waals surface area contributed by atoms with Gasteiger partial charge in [-0.05, 0) is 23.8 Å². The molecule has 1 aromatic carbocycles. The predicted octanol–water partition coefficient (Wildman–Crippen LogP) is 1.60. The van der Waals surface area contributed by atoms with E-state index < -0.39 is 6.10 Å². The number of nitrogens with one attached hydrogen (secondary N) is 1. The summed E-state index contributed by atoms with van der Waals surface area (Å²) >= 11 is 0. The van der Waals surface area contributed by atoms with Crippen LogP contribution in [0.3, 0.4) is 0 Å². The van der Waals surface area contributed by atoms with Gasteiger partial charge in [-0.15, -0.1) is 0 Å². The van der Waals surface area contributed by atoms with Gasteiger partial charge in [-0.3, -0.25) is 9.78 Å². The molecule has 6 nitrogen and oxygen atoms in total. The molecule has 0 bridgehead atoms. The summed E-state index contributed by atoms with van der Waals surface area (Å²) in [7, 11) is 0. The van der Waals surface area contributed by atoms with Crippen molar-refractivity contribution in [2.24, 2.45) is 5.16 Å². The molecule has 112 valence electrons. The molecule has 3 rings (SSSR count). The fraction of sp³-hybridized carbons (Fsp3) is 0.188. The molecule has 2 heterocycles. The summed E-state index contributed by atoms with van der Waals surface area (Å²) in [6.07, 6.45) is 3.03. The number of carbonyl (C=O) groups excluding carboxylic acids is 1. The number of pyridine rings is 1. The fourth-order valence-electron chi connectivity index (χ4n) is 2.20. The number of benzene rings is 1. The van der Waals surface area contributed by atoms with Gasteiger partial charge >= 0.3 is 0 Å². The molecule has 1 atom stereocenters. The molecule has 2 aromatic rings. The van der Waals surface area contributed by atoms with Gasteiger partial charge in [0, 0.05) is 30.9 Å². The largest absolute Gasteiger partial charge is 0.507 e. The van der Waals surface area contributed by atoms with E-state index in [0.29, 0.717) is 24.2 Å². The Kier molecular flexibility index (Phi) is 4.00. The number of para-hydroxylation sites is 1. The molecule has 1 unspecified atom stereocenters. The highest BCUT2D eigenvalue weighted by Gasteiger charge is 2.29. The van der Waals surface area contributed by atoms with E-state index in [2.05, 4.69) is 15.5 Å². The highest BCUT2D eigenvalue weighted by Crippen LogP contribution is 2.23.